The molecule has 2 saturated carbocycles. The van der Waals surface area contributed by atoms with Gasteiger partial charge in [-0.05, 0) is 18.3 Å². The first-order valence-corrected chi connectivity index (χ1v) is 6.67. The fourth-order valence-corrected chi connectivity index (χ4v) is 2.87. The summed E-state index contributed by atoms with van der Waals surface area (Å²) in [7, 11) is 0. The Morgan fingerprint density at radius 2 is 2.21 bits per heavy atom. The highest BCUT2D eigenvalue weighted by atomic mass is 16.4. The van der Waals surface area contributed by atoms with Gasteiger partial charge >= 0.3 is 5.97 Å². The van der Waals surface area contributed by atoms with E-state index in [-0.39, 0.29) is 24.2 Å². The van der Waals surface area contributed by atoms with Crippen LogP contribution in [0, 0.1) is 24.2 Å². The van der Waals surface area contributed by atoms with Gasteiger partial charge in [-0.2, -0.15) is 0 Å². The maximum Gasteiger partial charge on any atom is 0.329 e. The van der Waals surface area contributed by atoms with E-state index in [2.05, 4.69) is 5.32 Å². The molecule has 2 aliphatic rings. The van der Waals surface area contributed by atoms with Crippen LogP contribution in [0.15, 0.2) is 0 Å². The number of aliphatic hydroxyl groups is 1. The van der Waals surface area contributed by atoms with E-state index >= 15 is 0 Å². The van der Waals surface area contributed by atoms with Crippen LogP contribution in [0.3, 0.4) is 0 Å². The molecule has 0 aliphatic heterocycles. The lowest BCUT2D eigenvalue weighted by molar-refractivity contribution is -0.149. The topological polar surface area (TPSA) is 113 Å². The molecular formula is C13H21N2O4. The lowest BCUT2D eigenvalue weighted by atomic mass is 9.90. The number of carbonyl (C=O) groups excluding carboxylic acids is 1. The van der Waals surface area contributed by atoms with Crippen molar-refractivity contribution in [2.45, 2.75) is 44.4 Å². The summed E-state index contributed by atoms with van der Waals surface area (Å²) in [5.41, 5.74) is 4.44. The van der Waals surface area contributed by atoms with Gasteiger partial charge in [0.15, 0.2) is 0 Å². The molecule has 2 aliphatic carbocycles. The van der Waals surface area contributed by atoms with E-state index in [0.29, 0.717) is 0 Å². The first-order valence-electron chi connectivity index (χ1n) is 6.67. The first kappa shape index (κ1) is 14.3. The molecule has 2 rings (SSSR count). The number of carbonyl (C=O) groups is 2. The van der Waals surface area contributed by atoms with E-state index in [9.17, 15) is 19.8 Å². The number of fused-ring (bicyclic) bond motifs is 1. The third-order valence-corrected chi connectivity index (χ3v) is 4.54. The molecule has 2 fully saturated rings. The maximum absolute atomic E-state index is 12.1. The average Bonchev–Trinajstić information content (AvgIpc) is 3.11. The molecule has 0 aromatic carbocycles. The molecule has 0 spiro atoms. The van der Waals surface area contributed by atoms with Gasteiger partial charge in [0, 0.05) is 12.3 Å². The smallest absolute Gasteiger partial charge is 0.329 e. The second kappa shape index (κ2) is 4.76. The Labute approximate surface area is 112 Å². The highest BCUT2D eigenvalue weighted by Gasteiger charge is 2.67. The molecule has 1 amide bonds. The zero-order chi connectivity index (χ0) is 14.4. The summed E-state index contributed by atoms with van der Waals surface area (Å²) >= 11 is 0. The number of nitrogens with one attached hydrogen (secondary N) is 1. The van der Waals surface area contributed by atoms with Crippen LogP contribution in [0.5, 0.6) is 0 Å². The first-order chi connectivity index (χ1) is 8.83. The summed E-state index contributed by atoms with van der Waals surface area (Å²) in [6.07, 6.45) is 1.88. The van der Waals surface area contributed by atoms with Gasteiger partial charge in [-0.15, -0.1) is 0 Å². The summed E-state index contributed by atoms with van der Waals surface area (Å²) in [6, 6.07) is -0.726. The maximum atomic E-state index is 12.1. The van der Waals surface area contributed by atoms with Crippen molar-refractivity contribution in [1.82, 2.24) is 5.32 Å². The highest BCUT2D eigenvalue weighted by Crippen LogP contribution is 2.56. The summed E-state index contributed by atoms with van der Waals surface area (Å²) in [5.74, 6) is -1.97. The molecule has 107 valence electrons. The van der Waals surface area contributed by atoms with Gasteiger partial charge < -0.3 is 21.3 Å². The predicted molar refractivity (Wildman–Crippen MR) is 67.8 cm³/mol. The number of aliphatic hydroxyl groups excluding tert-OH is 1. The average molecular weight is 269 g/mol. The van der Waals surface area contributed by atoms with E-state index in [4.69, 9.17) is 5.73 Å². The SMILES string of the molecule is CCC(C)[C@H](N)C(=O)N[C@@]1(C(=O)O)C[C@H](O)[C@H]2[CH][C@H]21. The van der Waals surface area contributed by atoms with Crippen molar-refractivity contribution in [2.24, 2.45) is 23.5 Å². The van der Waals surface area contributed by atoms with Crippen LogP contribution in [0.4, 0.5) is 0 Å². The zero-order valence-corrected chi connectivity index (χ0v) is 11.2. The molecule has 5 N–H and O–H groups in total. The molecule has 1 radical (unpaired) electrons. The van der Waals surface area contributed by atoms with Crippen LogP contribution in [-0.2, 0) is 9.59 Å². The van der Waals surface area contributed by atoms with Crippen molar-refractivity contribution in [2.75, 3.05) is 0 Å². The largest absolute Gasteiger partial charge is 0.479 e. The lowest BCUT2D eigenvalue weighted by Gasteiger charge is -2.30. The van der Waals surface area contributed by atoms with Crippen LogP contribution in [0.1, 0.15) is 26.7 Å². The molecule has 6 atom stereocenters. The van der Waals surface area contributed by atoms with Crippen LogP contribution < -0.4 is 11.1 Å². The van der Waals surface area contributed by atoms with Crippen molar-refractivity contribution in [3.63, 3.8) is 0 Å². The lowest BCUT2D eigenvalue weighted by Crippen LogP contribution is -2.60. The quantitative estimate of drug-likeness (QED) is 0.538. The molecule has 19 heavy (non-hydrogen) atoms. The van der Waals surface area contributed by atoms with E-state index in [1.807, 2.05) is 13.8 Å². The van der Waals surface area contributed by atoms with Crippen LogP contribution in [-0.4, -0.2) is 39.8 Å². The predicted octanol–water partition coefficient (Wildman–Crippen LogP) is -0.486. The van der Waals surface area contributed by atoms with E-state index in [0.717, 1.165) is 6.42 Å². The Kier molecular flexibility index (Phi) is 3.57. The number of carboxylic acid groups (broad SMARTS) is 1. The summed E-state index contributed by atoms with van der Waals surface area (Å²) in [6.45, 7) is 3.78. The van der Waals surface area contributed by atoms with Gasteiger partial charge in [0.05, 0.1) is 12.1 Å². The zero-order valence-electron chi connectivity index (χ0n) is 11.2. The number of nitrogens with two attached hydrogens (primary N) is 1. The second-order valence-electron chi connectivity index (χ2n) is 5.74. The minimum Gasteiger partial charge on any atom is -0.479 e. The third kappa shape index (κ3) is 2.23. The molecule has 1 unspecified atom stereocenters. The molecule has 0 bridgehead atoms. The Morgan fingerprint density at radius 1 is 1.58 bits per heavy atom. The number of rotatable bonds is 5. The Morgan fingerprint density at radius 3 is 2.58 bits per heavy atom. The van der Waals surface area contributed by atoms with E-state index in [1.54, 1.807) is 6.42 Å². The number of aliphatic carboxylic acids is 1. The number of hydrogen-bond donors (Lipinski definition) is 4. The summed E-state index contributed by atoms with van der Waals surface area (Å²) in [5, 5.41) is 21.7. The monoisotopic (exact) mass is 269 g/mol. The number of carboxylic acids is 1. The van der Waals surface area contributed by atoms with Gasteiger partial charge in [0.1, 0.15) is 5.54 Å². The Bertz CT molecular complexity index is 400. The molecule has 0 saturated heterocycles. The van der Waals surface area contributed by atoms with Crippen molar-refractivity contribution < 1.29 is 19.8 Å². The standard InChI is InChI=1S/C13H21N2O4/c1-3-6(2)10(14)11(17)15-13(12(18)19)5-9(16)7-4-8(7)13/h4,6-10,16H,3,5,14H2,1-2H3,(H,15,17)(H,18,19)/t6?,7-,8+,9-,10-,13-/m0/s1. The minimum atomic E-state index is -1.38. The minimum absolute atomic E-state index is 0.0175. The van der Waals surface area contributed by atoms with Crippen molar-refractivity contribution >= 4 is 11.9 Å². The molecule has 0 aromatic rings. The van der Waals surface area contributed by atoms with Crippen LogP contribution in [0.2, 0.25) is 0 Å². The van der Waals surface area contributed by atoms with Gasteiger partial charge in [0.2, 0.25) is 5.91 Å². The van der Waals surface area contributed by atoms with Crippen LogP contribution in [0.25, 0.3) is 0 Å². The van der Waals surface area contributed by atoms with E-state index < -0.39 is 29.6 Å². The van der Waals surface area contributed by atoms with E-state index in [1.165, 1.54) is 0 Å². The Hall–Kier alpha value is -1.14. The normalized spacial score (nSPS) is 39.3. The van der Waals surface area contributed by atoms with Gasteiger partial charge in [-0.1, -0.05) is 20.3 Å². The van der Waals surface area contributed by atoms with Gasteiger partial charge in [-0.25, -0.2) is 4.79 Å². The molecule has 0 heterocycles. The summed E-state index contributed by atoms with van der Waals surface area (Å²) < 4.78 is 0. The number of amides is 1. The number of hydrogen-bond acceptors (Lipinski definition) is 4. The van der Waals surface area contributed by atoms with Crippen molar-refractivity contribution in [3.8, 4) is 0 Å². The Balaban J connectivity index is 2.11. The molecule has 6 nitrogen and oxygen atoms in total. The van der Waals surface area contributed by atoms with Gasteiger partial charge in [-0.3, -0.25) is 4.79 Å². The third-order valence-electron chi connectivity index (χ3n) is 4.54. The molecule has 0 aromatic heterocycles. The van der Waals surface area contributed by atoms with Crippen LogP contribution >= 0.6 is 0 Å². The van der Waals surface area contributed by atoms with Crippen molar-refractivity contribution in [3.05, 3.63) is 6.42 Å². The van der Waals surface area contributed by atoms with Crippen molar-refractivity contribution in [1.29, 1.82) is 0 Å². The van der Waals surface area contributed by atoms with Gasteiger partial charge in [0.25, 0.3) is 0 Å². The molecular weight excluding hydrogens is 248 g/mol. The fraction of sp³-hybridized carbons (Fsp3) is 0.769. The summed E-state index contributed by atoms with van der Waals surface area (Å²) in [4.78, 5) is 23.6. The highest BCUT2D eigenvalue weighted by molar-refractivity contribution is 5.91. The second-order valence-corrected chi connectivity index (χ2v) is 5.74. The molecule has 6 heteroatoms. The fourth-order valence-electron chi connectivity index (χ4n) is 2.87.